The van der Waals surface area contributed by atoms with Crippen molar-refractivity contribution in [3.8, 4) is 0 Å². The van der Waals surface area contributed by atoms with E-state index >= 15 is 0 Å². The van der Waals surface area contributed by atoms with E-state index in [0.717, 1.165) is 25.9 Å². The molecule has 2 nitrogen and oxygen atoms in total. The molecule has 0 unspecified atom stereocenters. The molecular weight excluding hydrogens is 198 g/mol. The Balaban J connectivity index is 2.10. The minimum Gasteiger partial charge on any atom is -0.396 e. The van der Waals surface area contributed by atoms with Crippen LogP contribution in [0.2, 0.25) is 0 Å². The average molecular weight is 219 g/mol. The molecule has 0 aromatic heterocycles. The zero-order valence-electron chi connectivity index (χ0n) is 10.0. The van der Waals surface area contributed by atoms with E-state index in [2.05, 4.69) is 36.2 Å². The van der Waals surface area contributed by atoms with Gasteiger partial charge in [0.1, 0.15) is 0 Å². The van der Waals surface area contributed by atoms with Crippen LogP contribution in [0, 0.1) is 5.41 Å². The third-order valence-corrected chi connectivity index (χ3v) is 3.61. The molecule has 1 aromatic carbocycles. The highest BCUT2D eigenvalue weighted by Crippen LogP contribution is 2.32. The van der Waals surface area contributed by atoms with Crippen molar-refractivity contribution in [3.63, 3.8) is 0 Å². The number of benzene rings is 1. The van der Waals surface area contributed by atoms with Crippen molar-refractivity contribution in [3.05, 3.63) is 35.9 Å². The molecule has 0 spiro atoms. The number of hydrogen-bond acceptors (Lipinski definition) is 2. The summed E-state index contributed by atoms with van der Waals surface area (Å²) in [5, 5.41) is 9.69. The summed E-state index contributed by atoms with van der Waals surface area (Å²) < 4.78 is 0. The van der Waals surface area contributed by atoms with Crippen molar-refractivity contribution in [2.45, 2.75) is 19.3 Å². The van der Waals surface area contributed by atoms with Gasteiger partial charge in [0, 0.05) is 12.0 Å². The quantitative estimate of drug-likeness (QED) is 0.839. The fraction of sp³-hybridized carbons (Fsp3) is 0.571. The molecule has 1 aliphatic rings. The molecule has 88 valence electrons. The Morgan fingerprint density at radius 2 is 2.06 bits per heavy atom. The Morgan fingerprint density at radius 3 is 2.69 bits per heavy atom. The molecule has 16 heavy (non-hydrogen) atoms. The van der Waals surface area contributed by atoms with E-state index in [1.54, 1.807) is 0 Å². The molecule has 0 amide bonds. The van der Waals surface area contributed by atoms with Gasteiger partial charge in [0.05, 0.1) is 6.61 Å². The third kappa shape index (κ3) is 2.63. The fourth-order valence-electron chi connectivity index (χ4n) is 2.81. The lowest BCUT2D eigenvalue weighted by molar-refractivity contribution is 0.0439. The largest absolute Gasteiger partial charge is 0.396 e. The average Bonchev–Trinajstić information content (AvgIpc) is 2.30. The normalized spacial score (nSPS) is 26.9. The Morgan fingerprint density at radius 1 is 1.31 bits per heavy atom. The van der Waals surface area contributed by atoms with E-state index in [4.69, 9.17) is 0 Å². The van der Waals surface area contributed by atoms with Crippen molar-refractivity contribution in [1.29, 1.82) is 0 Å². The predicted molar refractivity (Wildman–Crippen MR) is 66.4 cm³/mol. The molecule has 0 saturated carbocycles. The molecule has 2 heteroatoms. The first-order valence-electron chi connectivity index (χ1n) is 6.07. The molecule has 0 radical (unpaired) electrons. The van der Waals surface area contributed by atoms with Crippen LogP contribution in [0.3, 0.4) is 0 Å². The van der Waals surface area contributed by atoms with Gasteiger partial charge in [-0.05, 0) is 38.4 Å². The Bertz CT molecular complexity index is 325. The van der Waals surface area contributed by atoms with Gasteiger partial charge in [-0.2, -0.15) is 0 Å². The van der Waals surface area contributed by atoms with Gasteiger partial charge in [0.2, 0.25) is 0 Å². The minimum atomic E-state index is 0.0777. The summed E-state index contributed by atoms with van der Waals surface area (Å²) in [6.07, 6.45) is 3.33. The molecule has 1 atom stereocenters. The van der Waals surface area contributed by atoms with Crippen molar-refractivity contribution < 1.29 is 5.11 Å². The summed E-state index contributed by atoms with van der Waals surface area (Å²) in [5.74, 6) is 0. The van der Waals surface area contributed by atoms with E-state index in [0.29, 0.717) is 6.61 Å². The van der Waals surface area contributed by atoms with Crippen LogP contribution in [0.4, 0.5) is 0 Å². The van der Waals surface area contributed by atoms with Gasteiger partial charge in [-0.15, -0.1) is 0 Å². The van der Waals surface area contributed by atoms with E-state index in [1.807, 2.05) is 6.07 Å². The van der Waals surface area contributed by atoms with Crippen molar-refractivity contribution in [2.75, 3.05) is 26.7 Å². The van der Waals surface area contributed by atoms with Crippen molar-refractivity contribution in [1.82, 2.24) is 4.90 Å². The highest BCUT2D eigenvalue weighted by atomic mass is 16.3. The standard InChI is InChI=1S/C14H21NO/c1-15-9-5-8-14(11-15,12-16)10-13-6-3-2-4-7-13/h2-4,6-7,16H,5,8-12H2,1H3/t14-/m0/s1. The highest BCUT2D eigenvalue weighted by molar-refractivity contribution is 5.17. The maximum atomic E-state index is 9.69. The fourth-order valence-corrected chi connectivity index (χ4v) is 2.81. The summed E-state index contributed by atoms with van der Waals surface area (Å²) in [5.41, 5.74) is 1.42. The second-order valence-corrected chi connectivity index (χ2v) is 5.16. The Hall–Kier alpha value is -0.860. The Kier molecular flexibility index (Phi) is 3.62. The lowest BCUT2D eigenvalue weighted by Crippen LogP contribution is -2.44. The molecule has 1 aromatic rings. The summed E-state index contributed by atoms with van der Waals surface area (Å²) in [6.45, 7) is 2.47. The van der Waals surface area contributed by atoms with Crippen molar-refractivity contribution >= 4 is 0 Å². The van der Waals surface area contributed by atoms with Crippen LogP contribution in [0.5, 0.6) is 0 Å². The van der Waals surface area contributed by atoms with Crippen LogP contribution in [0.25, 0.3) is 0 Å². The SMILES string of the molecule is CN1CCC[C@](CO)(Cc2ccccc2)C1. The maximum Gasteiger partial charge on any atom is 0.0502 e. The summed E-state index contributed by atoms with van der Waals surface area (Å²) in [4.78, 5) is 2.34. The first-order valence-corrected chi connectivity index (χ1v) is 6.07. The van der Waals surface area contributed by atoms with Gasteiger partial charge in [-0.25, -0.2) is 0 Å². The van der Waals surface area contributed by atoms with Gasteiger partial charge in [0.25, 0.3) is 0 Å². The smallest absolute Gasteiger partial charge is 0.0502 e. The second-order valence-electron chi connectivity index (χ2n) is 5.16. The topological polar surface area (TPSA) is 23.5 Å². The maximum absolute atomic E-state index is 9.69. The molecule has 1 N–H and O–H groups in total. The van der Waals surface area contributed by atoms with Gasteiger partial charge in [-0.3, -0.25) is 0 Å². The highest BCUT2D eigenvalue weighted by Gasteiger charge is 2.33. The van der Waals surface area contributed by atoms with Gasteiger partial charge < -0.3 is 10.0 Å². The number of aliphatic hydroxyl groups excluding tert-OH is 1. The zero-order valence-corrected chi connectivity index (χ0v) is 10.0. The molecule has 0 bridgehead atoms. The summed E-state index contributed by atoms with van der Waals surface area (Å²) in [7, 11) is 2.15. The van der Waals surface area contributed by atoms with E-state index < -0.39 is 0 Å². The lowest BCUT2D eigenvalue weighted by Gasteiger charge is -2.40. The summed E-state index contributed by atoms with van der Waals surface area (Å²) in [6, 6.07) is 10.5. The van der Waals surface area contributed by atoms with E-state index in [-0.39, 0.29) is 5.41 Å². The predicted octanol–water partition coefficient (Wildman–Crippen LogP) is 1.93. The lowest BCUT2D eigenvalue weighted by atomic mass is 9.76. The number of rotatable bonds is 3. The molecule has 1 heterocycles. The zero-order chi connectivity index (χ0) is 11.4. The molecule has 1 aliphatic heterocycles. The van der Waals surface area contributed by atoms with Crippen molar-refractivity contribution in [2.24, 2.45) is 5.41 Å². The van der Waals surface area contributed by atoms with Crippen LogP contribution in [-0.2, 0) is 6.42 Å². The molecular formula is C14H21NO. The molecule has 1 saturated heterocycles. The van der Waals surface area contributed by atoms with Crippen LogP contribution in [0.15, 0.2) is 30.3 Å². The summed E-state index contributed by atoms with van der Waals surface area (Å²) >= 11 is 0. The first kappa shape index (κ1) is 11.6. The number of nitrogens with zero attached hydrogens (tertiary/aromatic N) is 1. The number of piperidine rings is 1. The molecule has 1 fully saturated rings. The molecule has 0 aliphatic carbocycles. The number of aliphatic hydroxyl groups is 1. The monoisotopic (exact) mass is 219 g/mol. The van der Waals surface area contributed by atoms with Gasteiger partial charge in [-0.1, -0.05) is 30.3 Å². The molecule has 2 rings (SSSR count). The number of hydrogen-bond donors (Lipinski definition) is 1. The minimum absolute atomic E-state index is 0.0777. The van der Waals surface area contributed by atoms with Crippen LogP contribution in [-0.4, -0.2) is 36.8 Å². The Labute approximate surface area is 97.9 Å². The number of likely N-dealkylation sites (tertiary alicyclic amines) is 1. The van der Waals surface area contributed by atoms with Crippen LogP contribution >= 0.6 is 0 Å². The third-order valence-electron chi connectivity index (χ3n) is 3.61. The second kappa shape index (κ2) is 4.98. The van der Waals surface area contributed by atoms with E-state index in [1.165, 1.54) is 12.0 Å². The van der Waals surface area contributed by atoms with Gasteiger partial charge >= 0.3 is 0 Å². The van der Waals surface area contributed by atoms with E-state index in [9.17, 15) is 5.11 Å². The van der Waals surface area contributed by atoms with Gasteiger partial charge in [0.15, 0.2) is 0 Å². The van der Waals surface area contributed by atoms with Crippen LogP contribution in [0.1, 0.15) is 18.4 Å². The first-order chi connectivity index (χ1) is 7.74. The van der Waals surface area contributed by atoms with Crippen LogP contribution < -0.4 is 0 Å².